The predicted octanol–water partition coefficient (Wildman–Crippen LogP) is 4.64. The summed E-state index contributed by atoms with van der Waals surface area (Å²) in [4.78, 5) is 32.0. The van der Waals surface area contributed by atoms with Gasteiger partial charge in [0.05, 0.1) is 0 Å². The second-order valence-corrected chi connectivity index (χ2v) is 8.68. The van der Waals surface area contributed by atoms with Gasteiger partial charge in [-0.3, -0.25) is 19.5 Å². The Bertz CT molecular complexity index is 1220. The molecule has 3 heterocycles. The number of rotatable bonds is 6. The highest BCUT2D eigenvalue weighted by Gasteiger charge is 2.22. The van der Waals surface area contributed by atoms with Gasteiger partial charge >= 0.3 is 0 Å². The molecular formula is C27H29N3O2. The lowest BCUT2D eigenvalue weighted by Crippen LogP contribution is -2.36. The van der Waals surface area contributed by atoms with Gasteiger partial charge < -0.3 is 4.57 Å². The Labute approximate surface area is 189 Å². The number of carbonyl (C=O) groups excluding carboxylic acids is 1. The average molecular weight is 428 g/mol. The number of hydrogen-bond acceptors (Lipinski definition) is 4. The zero-order valence-corrected chi connectivity index (χ0v) is 19.0. The molecule has 0 radical (unpaired) electrons. The van der Waals surface area contributed by atoms with E-state index in [9.17, 15) is 9.59 Å². The highest BCUT2D eigenvalue weighted by atomic mass is 16.1. The van der Waals surface area contributed by atoms with Crippen LogP contribution < -0.4 is 5.56 Å². The van der Waals surface area contributed by atoms with Crippen molar-refractivity contribution in [2.24, 2.45) is 0 Å². The van der Waals surface area contributed by atoms with Crippen LogP contribution in [0.4, 0.5) is 0 Å². The van der Waals surface area contributed by atoms with Crippen LogP contribution in [0.25, 0.3) is 11.1 Å². The van der Waals surface area contributed by atoms with E-state index >= 15 is 0 Å². The fourth-order valence-electron chi connectivity index (χ4n) is 4.24. The molecule has 0 saturated heterocycles. The van der Waals surface area contributed by atoms with Gasteiger partial charge in [-0.25, -0.2) is 0 Å². The van der Waals surface area contributed by atoms with E-state index < -0.39 is 0 Å². The van der Waals surface area contributed by atoms with Crippen LogP contribution in [-0.4, -0.2) is 26.8 Å². The summed E-state index contributed by atoms with van der Waals surface area (Å²) < 4.78 is 1.92. The molecule has 0 N–H and O–H groups in total. The van der Waals surface area contributed by atoms with Gasteiger partial charge in [0.15, 0.2) is 5.78 Å². The third-order valence-electron chi connectivity index (χ3n) is 5.97. The number of allylic oxidation sites excluding steroid dienone is 2. The third-order valence-corrected chi connectivity index (χ3v) is 5.97. The van der Waals surface area contributed by atoms with Crippen molar-refractivity contribution in [3.05, 3.63) is 99.2 Å². The molecule has 4 rings (SSSR count). The van der Waals surface area contributed by atoms with Gasteiger partial charge in [-0.1, -0.05) is 29.8 Å². The summed E-state index contributed by atoms with van der Waals surface area (Å²) >= 11 is 0. The van der Waals surface area contributed by atoms with Crippen LogP contribution in [0.3, 0.4) is 0 Å². The van der Waals surface area contributed by atoms with Crippen molar-refractivity contribution in [1.29, 1.82) is 0 Å². The second-order valence-electron chi connectivity index (χ2n) is 8.68. The summed E-state index contributed by atoms with van der Waals surface area (Å²) in [7, 11) is 0. The molecule has 0 bridgehead atoms. The Hall–Kier alpha value is -3.31. The third kappa shape index (κ3) is 4.78. The highest BCUT2D eigenvalue weighted by molar-refractivity contribution is 5.95. The van der Waals surface area contributed by atoms with Crippen molar-refractivity contribution in [1.82, 2.24) is 14.5 Å². The van der Waals surface area contributed by atoms with Crippen LogP contribution in [0.1, 0.15) is 48.0 Å². The minimum Gasteiger partial charge on any atom is -0.308 e. The maximum atomic E-state index is 13.5. The van der Waals surface area contributed by atoms with Gasteiger partial charge in [-0.15, -0.1) is 0 Å². The molecule has 0 saturated carbocycles. The standard InChI is InChI=1S/C27H29N3O2/c1-19(2)9-14-30-26-10-13-29(17-21-7-11-28-12-8-21)18-24(26)16-25(27(30)32)23-6-4-5-22(15-23)20(3)31/h4-9,11-12,15-16H,10,13-14,17-18H2,1-3H3. The molecule has 1 aromatic carbocycles. The normalized spacial score (nSPS) is 13.5. The molecule has 0 spiro atoms. The molecule has 32 heavy (non-hydrogen) atoms. The number of fused-ring (bicyclic) bond motifs is 1. The molecule has 0 amide bonds. The molecule has 0 fully saturated rings. The molecule has 164 valence electrons. The van der Waals surface area contributed by atoms with E-state index in [-0.39, 0.29) is 11.3 Å². The van der Waals surface area contributed by atoms with Gasteiger partial charge in [0.25, 0.3) is 5.56 Å². The number of Topliss-reactive ketones (excluding diaryl/α,β-unsaturated/α-hetero) is 1. The molecule has 5 heteroatoms. The molecule has 5 nitrogen and oxygen atoms in total. The first-order valence-corrected chi connectivity index (χ1v) is 11.0. The van der Waals surface area contributed by atoms with Crippen molar-refractivity contribution in [2.45, 2.75) is 46.8 Å². The van der Waals surface area contributed by atoms with E-state index in [0.717, 1.165) is 37.3 Å². The summed E-state index contributed by atoms with van der Waals surface area (Å²) in [6, 6.07) is 13.5. The number of nitrogens with zero attached hydrogens (tertiary/aromatic N) is 3. The lowest BCUT2D eigenvalue weighted by molar-refractivity contribution is 0.101. The van der Waals surface area contributed by atoms with Crippen LogP contribution in [0.15, 0.2) is 71.3 Å². The number of pyridine rings is 2. The van der Waals surface area contributed by atoms with Crippen molar-refractivity contribution < 1.29 is 4.79 Å². The van der Waals surface area contributed by atoms with Crippen LogP contribution >= 0.6 is 0 Å². The fourth-order valence-corrected chi connectivity index (χ4v) is 4.24. The molecule has 2 aromatic heterocycles. The predicted molar refractivity (Wildman–Crippen MR) is 128 cm³/mol. The minimum atomic E-state index is -0.00166. The molecule has 1 aliphatic heterocycles. The summed E-state index contributed by atoms with van der Waals surface area (Å²) in [6.45, 7) is 8.76. The summed E-state index contributed by atoms with van der Waals surface area (Å²) in [5.41, 5.74) is 6.78. The van der Waals surface area contributed by atoms with E-state index in [0.29, 0.717) is 17.7 Å². The van der Waals surface area contributed by atoms with E-state index in [1.807, 2.05) is 67.2 Å². The summed E-state index contributed by atoms with van der Waals surface area (Å²) in [6.07, 6.45) is 6.58. The Balaban J connectivity index is 1.77. The maximum Gasteiger partial charge on any atom is 0.258 e. The largest absolute Gasteiger partial charge is 0.308 e. The Morgan fingerprint density at radius 3 is 2.59 bits per heavy atom. The van der Waals surface area contributed by atoms with Crippen LogP contribution in [0, 0.1) is 0 Å². The van der Waals surface area contributed by atoms with Crippen molar-refractivity contribution in [3.63, 3.8) is 0 Å². The van der Waals surface area contributed by atoms with Crippen LogP contribution in [0.2, 0.25) is 0 Å². The molecule has 1 aliphatic rings. The summed E-state index contributed by atoms with van der Waals surface area (Å²) in [5, 5.41) is 0. The SMILES string of the molecule is CC(=O)c1cccc(-c2cc3c(n(CC=C(C)C)c2=O)CCN(Cc2ccncc2)C3)c1. The first-order valence-electron chi connectivity index (χ1n) is 11.0. The molecule has 0 aliphatic carbocycles. The first-order chi connectivity index (χ1) is 15.4. The smallest absolute Gasteiger partial charge is 0.258 e. The number of hydrogen-bond donors (Lipinski definition) is 0. The van der Waals surface area contributed by atoms with Gasteiger partial charge in [-0.2, -0.15) is 0 Å². The Morgan fingerprint density at radius 1 is 1.09 bits per heavy atom. The fraction of sp³-hybridized carbons (Fsp3) is 0.296. The molecule has 0 atom stereocenters. The van der Waals surface area contributed by atoms with Crippen molar-refractivity contribution >= 4 is 5.78 Å². The Morgan fingerprint density at radius 2 is 1.88 bits per heavy atom. The summed E-state index contributed by atoms with van der Waals surface area (Å²) in [5.74, 6) is -0.00166. The highest BCUT2D eigenvalue weighted by Crippen LogP contribution is 2.25. The molecule has 0 unspecified atom stereocenters. The van der Waals surface area contributed by atoms with Crippen LogP contribution in [0.5, 0.6) is 0 Å². The number of benzene rings is 1. The van der Waals surface area contributed by atoms with Crippen molar-refractivity contribution in [2.75, 3.05) is 6.54 Å². The topological polar surface area (TPSA) is 55.2 Å². The van der Waals surface area contributed by atoms with E-state index in [2.05, 4.69) is 16.0 Å². The first kappa shape index (κ1) is 21.9. The Kier molecular flexibility index (Phi) is 6.47. The molecular weight excluding hydrogens is 398 g/mol. The second kappa shape index (κ2) is 9.45. The molecule has 3 aromatic rings. The quantitative estimate of drug-likeness (QED) is 0.425. The van der Waals surface area contributed by atoms with Crippen molar-refractivity contribution in [3.8, 4) is 11.1 Å². The number of carbonyl (C=O) groups is 1. The number of ketones is 1. The van der Waals surface area contributed by atoms with E-state index in [1.165, 1.54) is 16.7 Å². The van der Waals surface area contributed by atoms with Gasteiger partial charge in [0.2, 0.25) is 0 Å². The monoisotopic (exact) mass is 427 g/mol. The van der Waals surface area contributed by atoms with E-state index in [4.69, 9.17) is 0 Å². The van der Waals surface area contributed by atoms with Gasteiger partial charge in [0, 0.05) is 61.8 Å². The van der Waals surface area contributed by atoms with Gasteiger partial charge in [-0.05, 0) is 61.7 Å². The minimum absolute atomic E-state index is 0.00166. The average Bonchev–Trinajstić information content (AvgIpc) is 2.79. The maximum absolute atomic E-state index is 13.5. The lowest BCUT2D eigenvalue weighted by Gasteiger charge is -2.31. The lowest BCUT2D eigenvalue weighted by atomic mass is 9.97. The zero-order valence-electron chi connectivity index (χ0n) is 19.0. The number of aromatic nitrogens is 2. The zero-order chi connectivity index (χ0) is 22.7. The van der Waals surface area contributed by atoms with Gasteiger partial charge in [0.1, 0.15) is 0 Å². The van der Waals surface area contributed by atoms with Crippen LogP contribution in [-0.2, 0) is 26.1 Å². The van der Waals surface area contributed by atoms with E-state index in [1.54, 1.807) is 13.0 Å².